The van der Waals surface area contributed by atoms with Gasteiger partial charge in [-0.2, -0.15) is 0 Å². The minimum absolute atomic E-state index is 0.00679. The van der Waals surface area contributed by atoms with Crippen molar-refractivity contribution in [2.75, 3.05) is 47.1 Å². The summed E-state index contributed by atoms with van der Waals surface area (Å²) in [6.07, 6.45) is -1.56. The fourth-order valence-electron chi connectivity index (χ4n) is 4.35. The highest BCUT2D eigenvalue weighted by molar-refractivity contribution is 8.58. The number of likely N-dealkylation sites (N-methyl/N-ethyl adjacent to an activating group) is 2. The summed E-state index contributed by atoms with van der Waals surface area (Å²) in [6.45, 7) is 3.44. The van der Waals surface area contributed by atoms with E-state index in [1.54, 1.807) is 25.7 Å². The highest BCUT2D eigenvalue weighted by Gasteiger charge is 2.51. The van der Waals surface area contributed by atoms with Crippen LogP contribution in [0.4, 0.5) is 0 Å². The van der Waals surface area contributed by atoms with Crippen LogP contribution in [0.5, 0.6) is 5.75 Å². The third-order valence-corrected chi connectivity index (χ3v) is 12.4. The molecule has 0 aliphatic carbocycles. The number of benzene rings is 2. The number of rotatable bonds is 12. The number of nitrogens with one attached hydrogen (secondary N) is 1. The zero-order valence-corrected chi connectivity index (χ0v) is 22.9. The number of hydrogen-bond acceptors (Lipinski definition) is 7. The first-order valence-corrected chi connectivity index (χ1v) is 15.6. The van der Waals surface area contributed by atoms with Gasteiger partial charge in [0.25, 0.3) is 0 Å². The molecule has 10 heteroatoms. The van der Waals surface area contributed by atoms with Gasteiger partial charge in [-0.3, -0.25) is 9.59 Å². The topological polar surface area (TPSA) is 111 Å². The molecular weight excluding hydrogens is 497 g/mol. The first-order chi connectivity index (χ1) is 17.2. The van der Waals surface area contributed by atoms with Gasteiger partial charge in [-0.05, 0) is 62.8 Å². The van der Waals surface area contributed by atoms with E-state index in [0.717, 1.165) is 10.5 Å². The predicted molar refractivity (Wildman–Crippen MR) is 144 cm³/mol. The molecule has 2 aromatic rings. The van der Waals surface area contributed by atoms with Crippen molar-refractivity contribution in [1.82, 2.24) is 10.2 Å². The SMILES string of the molecule is CNC(C(=O)N(C)CCCOc1ccc(SP(C)(=O)C2(C(N)=O)CCOCC2)cc1)c1ccccc1. The Kier molecular flexibility index (Phi) is 10.0. The van der Waals surface area contributed by atoms with E-state index in [-0.39, 0.29) is 11.9 Å². The summed E-state index contributed by atoms with van der Waals surface area (Å²) in [4.78, 5) is 27.6. The number of carbonyl (C=O) groups excluding carboxylic acids is 2. The maximum Gasteiger partial charge on any atom is 0.244 e. The molecule has 0 radical (unpaired) electrons. The minimum atomic E-state index is -2.99. The normalized spacial score (nSPS) is 17.5. The molecule has 1 aliphatic rings. The molecule has 1 fully saturated rings. The highest BCUT2D eigenvalue weighted by atomic mass is 32.7. The lowest BCUT2D eigenvalue weighted by Gasteiger charge is -2.38. The average Bonchev–Trinajstić information content (AvgIpc) is 2.88. The first kappa shape index (κ1) is 28.3. The lowest BCUT2D eigenvalue weighted by atomic mass is 9.98. The predicted octanol–water partition coefficient (Wildman–Crippen LogP) is 3.91. The van der Waals surface area contributed by atoms with Crippen molar-refractivity contribution in [3.8, 4) is 5.75 Å². The Labute approximate surface area is 217 Å². The molecule has 0 saturated carbocycles. The van der Waals surface area contributed by atoms with Crippen molar-refractivity contribution in [3.63, 3.8) is 0 Å². The second-order valence-corrected chi connectivity index (χ2v) is 14.9. The quantitative estimate of drug-likeness (QED) is 0.314. The van der Waals surface area contributed by atoms with Crippen LogP contribution in [-0.2, 0) is 18.9 Å². The zero-order chi connectivity index (χ0) is 26.2. The van der Waals surface area contributed by atoms with Gasteiger partial charge in [-0.25, -0.2) is 0 Å². The van der Waals surface area contributed by atoms with E-state index in [1.807, 2.05) is 54.6 Å². The molecule has 2 aromatic carbocycles. The Bertz CT molecular complexity index is 1060. The zero-order valence-electron chi connectivity index (χ0n) is 21.1. The molecule has 2 amide bonds. The second kappa shape index (κ2) is 12.8. The van der Waals surface area contributed by atoms with E-state index in [9.17, 15) is 14.2 Å². The van der Waals surface area contributed by atoms with E-state index in [0.29, 0.717) is 51.4 Å². The van der Waals surface area contributed by atoms with Gasteiger partial charge < -0.3 is 30.0 Å². The van der Waals surface area contributed by atoms with Gasteiger partial charge in [0.1, 0.15) is 16.9 Å². The summed E-state index contributed by atoms with van der Waals surface area (Å²) in [5, 5.41) is 2.05. The number of carbonyl (C=O) groups is 2. The van der Waals surface area contributed by atoms with Gasteiger partial charge in [0, 0.05) is 31.7 Å². The molecule has 36 heavy (non-hydrogen) atoms. The van der Waals surface area contributed by atoms with Crippen molar-refractivity contribution in [2.24, 2.45) is 5.73 Å². The lowest BCUT2D eigenvalue weighted by molar-refractivity contribution is -0.132. The molecule has 2 unspecified atom stereocenters. The van der Waals surface area contributed by atoms with Crippen molar-refractivity contribution >= 4 is 29.5 Å². The lowest BCUT2D eigenvalue weighted by Crippen LogP contribution is -2.47. The summed E-state index contributed by atoms with van der Waals surface area (Å²) in [5.41, 5.74) is 6.63. The number of amides is 2. The second-order valence-electron chi connectivity index (χ2n) is 9.01. The van der Waals surface area contributed by atoms with E-state index in [4.69, 9.17) is 15.2 Å². The van der Waals surface area contributed by atoms with Crippen molar-refractivity contribution in [3.05, 3.63) is 60.2 Å². The molecule has 3 rings (SSSR count). The molecule has 3 N–H and O–H groups in total. The Morgan fingerprint density at radius 1 is 1.17 bits per heavy atom. The van der Waals surface area contributed by atoms with Crippen LogP contribution in [0.3, 0.4) is 0 Å². The van der Waals surface area contributed by atoms with Gasteiger partial charge in [0.15, 0.2) is 6.34 Å². The van der Waals surface area contributed by atoms with Crippen LogP contribution in [0.1, 0.15) is 30.9 Å². The van der Waals surface area contributed by atoms with E-state index < -0.39 is 17.4 Å². The van der Waals surface area contributed by atoms with E-state index >= 15 is 0 Å². The molecule has 0 spiro atoms. The van der Waals surface area contributed by atoms with Gasteiger partial charge >= 0.3 is 0 Å². The van der Waals surface area contributed by atoms with Crippen molar-refractivity contribution < 1.29 is 23.6 Å². The minimum Gasteiger partial charge on any atom is -0.494 e. The molecule has 1 heterocycles. The number of ether oxygens (including phenoxy) is 2. The van der Waals surface area contributed by atoms with Gasteiger partial charge in [0.05, 0.1) is 6.61 Å². The molecule has 0 aromatic heterocycles. The molecule has 0 bridgehead atoms. The molecule has 1 saturated heterocycles. The van der Waals surface area contributed by atoms with Crippen LogP contribution in [0.25, 0.3) is 0 Å². The van der Waals surface area contributed by atoms with Crippen LogP contribution in [-0.4, -0.2) is 69.0 Å². The molecule has 2 atom stereocenters. The third kappa shape index (κ3) is 6.71. The summed E-state index contributed by atoms with van der Waals surface area (Å²) in [5.74, 6) is 0.178. The Hall–Kier alpha value is -2.32. The Balaban J connectivity index is 1.49. The summed E-state index contributed by atoms with van der Waals surface area (Å²) in [6, 6.07) is 16.6. The maximum absolute atomic E-state index is 13.6. The monoisotopic (exact) mass is 533 g/mol. The molecular formula is C26H36N3O5PS. The highest BCUT2D eigenvalue weighted by Crippen LogP contribution is 2.70. The van der Waals surface area contributed by atoms with Crippen molar-refractivity contribution in [1.29, 1.82) is 0 Å². The van der Waals surface area contributed by atoms with E-state index in [1.165, 1.54) is 11.4 Å². The van der Waals surface area contributed by atoms with Crippen molar-refractivity contribution in [2.45, 2.75) is 35.4 Å². The average molecular weight is 534 g/mol. The van der Waals surface area contributed by atoms with Crippen LogP contribution < -0.4 is 15.8 Å². The summed E-state index contributed by atoms with van der Waals surface area (Å²) < 4.78 is 24.8. The molecule has 8 nitrogen and oxygen atoms in total. The number of primary amides is 1. The molecule has 1 aliphatic heterocycles. The largest absolute Gasteiger partial charge is 0.494 e. The fourth-order valence-corrected chi connectivity index (χ4v) is 9.49. The molecule has 196 valence electrons. The standard InChI is InChI=1S/C26H36N3O5PS/c1-28-23(20-8-5-4-6-9-20)24(30)29(2)16-7-17-34-21-10-12-22(13-11-21)36-35(3,32)26(25(27)31)14-18-33-19-15-26/h4-6,8-13,23,28H,7,14-19H2,1-3H3,(H2,27,31). The third-order valence-electron chi connectivity index (χ3n) is 6.61. The smallest absolute Gasteiger partial charge is 0.244 e. The maximum atomic E-state index is 13.6. The Morgan fingerprint density at radius 2 is 1.81 bits per heavy atom. The van der Waals surface area contributed by atoms with E-state index in [2.05, 4.69) is 5.32 Å². The number of nitrogens with two attached hydrogens (primary N) is 1. The fraction of sp³-hybridized carbons (Fsp3) is 0.462. The number of hydrogen-bond donors (Lipinski definition) is 2. The summed E-state index contributed by atoms with van der Waals surface area (Å²) in [7, 11) is 3.57. The van der Waals surface area contributed by atoms with Gasteiger partial charge in [0.2, 0.25) is 11.8 Å². The van der Waals surface area contributed by atoms with Gasteiger partial charge in [-0.1, -0.05) is 41.7 Å². The number of nitrogens with zero attached hydrogens (tertiary/aromatic N) is 1. The summed E-state index contributed by atoms with van der Waals surface area (Å²) >= 11 is 1.22. The first-order valence-electron chi connectivity index (χ1n) is 12.0. The van der Waals surface area contributed by atoms with Crippen LogP contribution in [0.15, 0.2) is 59.5 Å². The van der Waals surface area contributed by atoms with Crippen LogP contribution in [0, 0.1) is 0 Å². The van der Waals surface area contributed by atoms with Crippen LogP contribution in [0.2, 0.25) is 0 Å². The van der Waals surface area contributed by atoms with Crippen LogP contribution >= 0.6 is 17.7 Å². The van der Waals surface area contributed by atoms with Gasteiger partial charge in [-0.15, -0.1) is 0 Å². The Morgan fingerprint density at radius 3 is 2.39 bits per heavy atom.